The lowest BCUT2D eigenvalue weighted by molar-refractivity contribution is -0.162. The summed E-state index contributed by atoms with van der Waals surface area (Å²) in [5.74, 6) is 0.894. The Hall–Kier alpha value is -0.570. The largest absolute Gasteiger partial charge is 0.463 e. The number of rotatable bonds is 8. The van der Waals surface area contributed by atoms with Gasteiger partial charge in [-0.1, -0.05) is 41.5 Å². The van der Waals surface area contributed by atoms with Gasteiger partial charge in [-0.05, 0) is 37.5 Å². The minimum absolute atomic E-state index is 0.109. The van der Waals surface area contributed by atoms with E-state index >= 15 is 0 Å². The number of ether oxygens (including phenoxy) is 1. The molecule has 0 amide bonds. The van der Waals surface area contributed by atoms with Gasteiger partial charge in [0.25, 0.3) is 0 Å². The zero-order valence-electron chi connectivity index (χ0n) is 13.7. The van der Waals surface area contributed by atoms with Crippen molar-refractivity contribution in [2.75, 3.05) is 6.61 Å². The van der Waals surface area contributed by atoms with Crippen molar-refractivity contribution in [3.05, 3.63) is 0 Å². The lowest BCUT2D eigenvalue weighted by atomic mass is 9.73. The molecule has 3 nitrogen and oxygen atoms in total. The second-order valence-electron chi connectivity index (χ2n) is 7.05. The predicted molar refractivity (Wildman–Crippen MR) is 78.8 cm³/mol. The van der Waals surface area contributed by atoms with Crippen LogP contribution in [-0.2, 0) is 9.53 Å². The molecule has 3 heteroatoms. The second-order valence-corrected chi connectivity index (χ2v) is 7.05. The minimum Gasteiger partial charge on any atom is -0.463 e. The van der Waals surface area contributed by atoms with Crippen molar-refractivity contribution in [1.82, 2.24) is 0 Å². The molecular formula is C16H32O3. The molecule has 0 spiro atoms. The molecule has 0 rings (SSSR count). The SMILES string of the molecule is CC(C)CC(O)COC(=O)C(C)(CC(C)C)C(C)C. The van der Waals surface area contributed by atoms with E-state index in [0.29, 0.717) is 18.3 Å². The summed E-state index contributed by atoms with van der Waals surface area (Å²) in [5.41, 5.74) is -0.467. The molecule has 0 saturated heterocycles. The first kappa shape index (κ1) is 18.4. The maximum Gasteiger partial charge on any atom is 0.312 e. The molecule has 0 bridgehead atoms. The number of esters is 1. The highest BCUT2D eigenvalue weighted by Crippen LogP contribution is 2.35. The van der Waals surface area contributed by atoms with Crippen LogP contribution in [0.5, 0.6) is 0 Å². The summed E-state index contributed by atoms with van der Waals surface area (Å²) >= 11 is 0. The Morgan fingerprint density at radius 2 is 1.63 bits per heavy atom. The van der Waals surface area contributed by atoms with E-state index in [1.54, 1.807) is 0 Å². The molecule has 0 radical (unpaired) electrons. The summed E-state index contributed by atoms with van der Waals surface area (Å²) in [5, 5.41) is 9.78. The summed E-state index contributed by atoms with van der Waals surface area (Å²) < 4.78 is 5.34. The number of aliphatic hydroxyl groups is 1. The summed E-state index contributed by atoms with van der Waals surface area (Å²) in [6.45, 7) is 14.5. The van der Waals surface area contributed by atoms with E-state index in [0.717, 1.165) is 6.42 Å². The average Bonchev–Trinajstić information content (AvgIpc) is 2.23. The third-order valence-corrected chi connectivity index (χ3v) is 3.72. The Balaban J connectivity index is 4.50. The van der Waals surface area contributed by atoms with Gasteiger partial charge in [-0.2, -0.15) is 0 Å². The van der Waals surface area contributed by atoms with Gasteiger partial charge < -0.3 is 9.84 Å². The summed E-state index contributed by atoms with van der Waals surface area (Å²) in [4.78, 5) is 12.3. The molecule has 0 aromatic rings. The van der Waals surface area contributed by atoms with Crippen molar-refractivity contribution in [3.8, 4) is 0 Å². The molecule has 0 aliphatic carbocycles. The molecule has 114 valence electrons. The van der Waals surface area contributed by atoms with Crippen LogP contribution >= 0.6 is 0 Å². The van der Waals surface area contributed by atoms with Gasteiger partial charge in [0.2, 0.25) is 0 Å². The number of aliphatic hydroxyl groups excluding tert-OH is 1. The first-order chi connectivity index (χ1) is 8.59. The zero-order valence-corrected chi connectivity index (χ0v) is 13.7. The molecule has 2 unspecified atom stereocenters. The van der Waals surface area contributed by atoms with Crippen molar-refractivity contribution < 1.29 is 14.6 Å². The highest BCUT2D eigenvalue weighted by molar-refractivity contribution is 5.76. The summed E-state index contributed by atoms with van der Waals surface area (Å²) in [7, 11) is 0. The number of carbonyl (C=O) groups excluding carboxylic acids is 1. The smallest absolute Gasteiger partial charge is 0.312 e. The van der Waals surface area contributed by atoms with Gasteiger partial charge in [-0.15, -0.1) is 0 Å². The zero-order chi connectivity index (χ0) is 15.2. The van der Waals surface area contributed by atoms with E-state index in [2.05, 4.69) is 13.8 Å². The van der Waals surface area contributed by atoms with Crippen molar-refractivity contribution in [1.29, 1.82) is 0 Å². The van der Waals surface area contributed by atoms with Crippen LogP contribution in [0.2, 0.25) is 0 Å². The molecule has 0 aliphatic rings. The van der Waals surface area contributed by atoms with Crippen LogP contribution in [0.1, 0.15) is 61.3 Å². The standard InChI is InChI=1S/C16H32O3/c1-11(2)8-14(17)10-19-15(18)16(7,13(5)6)9-12(3)4/h11-14,17H,8-10H2,1-7H3. The topological polar surface area (TPSA) is 46.5 Å². The van der Waals surface area contributed by atoms with E-state index in [1.165, 1.54) is 0 Å². The van der Waals surface area contributed by atoms with Gasteiger partial charge in [-0.3, -0.25) is 4.79 Å². The van der Waals surface area contributed by atoms with Crippen LogP contribution in [0.3, 0.4) is 0 Å². The first-order valence-corrected chi connectivity index (χ1v) is 7.44. The van der Waals surface area contributed by atoms with Crippen LogP contribution < -0.4 is 0 Å². The van der Waals surface area contributed by atoms with E-state index in [4.69, 9.17) is 4.74 Å². The predicted octanol–water partition coefficient (Wildman–Crippen LogP) is 3.65. The van der Waals surface area contributed by atoms with Gasteiger partial charge >= 0.3 is 5.97 Å². The van der Waals surface area contributed by atoms with E-state index in [-0.39, 0.29) is 18.5 Å². The molecule has 1 N–H and O–H groups in total. The van der Waals surface area contributed by atoms with Gasteiger partial charge in [0.15, 0.2) is 0 Å². The molecule has 0 fully saturated rings. The van der Waals surface area contributed by atoms with Crippen LogP contribution in [-0.4, -0.2) is 23.8 Å². The summed E-state index contributed by atoms with van der Waals surface area (Å²) in [6.07, 6.45) is 0.916. The Labute approximate surface area is 118 Å². The fourth-order valence-corrected chi connectivity index (χ4v) is 2.35. The molecule has 0 aromatic carbocycles. The first-order valence-electron chi connectivity index (χ1n) is 7.44. The van der Waals surface area contributed by atoms with Crippen molar-refractivity contribution in [2.45, 2.75) is 67.4 Å². The van der Waals surface area contributed by atoms with Crippen LogP contribution in [0.25, 0.3) is 0 Å². The number of hydrogen-bond acceptors (Lipinski definition) is 3. The maximum atomic E-state index is 12.3. The van der Waals surface area contributed by atoms with Gasteiger partial charge in [-0.25, -0.2) is 0 Å². The Kier molecular flexibility index (Phi) is 7.65. The lowest BCUT2D eigenvalue weighted by Crippen LogP contribution is -2.37. The second kappa shape index (κ2) is 7.88. The molecule has 0 aromatic heterocycles. The third kappa shape index (κ3) is 6.42. The molecule has 2 atom stereocenters. The van der Waals surface area contributed by atoms with Gasteiger partial charge in [0, 0.05) is 0 Å². The van der Waals surface area contributed by atoms with Crippen LogP contribution in [0, 0.1) is 23.2 Å². The average molecular weight is 272 g/mol. The highest BCUT2D eigenvalue weighted by Gasteiger charge is 2.38. The van der Waals surface area contributed by atoms with Crippen molar-refractivity contribution >= 4 is 5.97 Å². The van der Waals surface area contributed by atoms with Crippen molar-refractivity contribution in [3.63, 3.8) is 0 Å². The fourth-order valence-electron chi connectivity index (χ4n) is 2.35. The van der Waals surface area contributed by atoms with Crippen LogP contribution in [0.4, 0.5) is 0 Å². The van der Waals surface area contributed by atoms with Gasteiger partial charge in [0.1, 0.15) is 6.61 Å². The Morgan fingerprint density at radius 3 is 2.00 bits per heavy atom. The maximum absolute atomic E-state index is 12.3. The third-order valence-electron chi connectivity index (χ3n) is 3.72. The van der Waals surface area contributed by atoms with Gasteiger partial charge in [0.05, 0.1) is 11.5 Å². The molecule has 0 aliphatic heterocycles. The molecule has 0 saturated carbocycles. The van der Waals surface area contributed by atoms with Crippen LogP contribution in [0.15, 0.2) is 0 Å². The Bertz CT molecular complexity index is 271. The monoisotopic (exact) mass is 272 g/mol. The molecule has 0 heterocycles. The highest BCUT2D eigenvalue weighted by atomic mass is 16.5. The Morgan fingerprint density at radius 1 is 1.11 bits per heavy atom. The molecular weight excluding hydrogens is 240 g/mol. The lowest BCUT2D eigenvalue weighted by Gasteiger charge is -2.33. The number of carbonyl (C=O) groups is 1. The molecule has 19 heavy (non-hydrogen) atoms. The van der Waals surface area contributed by atoms with E-state index in [9.17, 15) is 9.90 Å². The quantitative estimate of drug-likeness (QED) is 0.686. The summed E-state index contributed by atoms with van der Waals surface area (Å²) in [6, 6.07) is 0. The number of hydrogen-bond donors (Lipinski definition) is 1. The van der Waals surface area contributed by atoms with Crippen molar-refractivity contribution in [2.24, 2.45) is 23.2 Å². The minimum atomic E-state index is -0.556. The van der Waals surface area contributed by atoms with E-state index < -0.39 is 11.5 Å². The van der Waals surface area contributed by atoms with E-state index in [1.807, 2.05) is 34.6 Å². The normalized spacial score (nSPS) is 16.8. The fraction of sp³-hybridized carbons (Fsp3) is 0.938.